The summed E-state index contributed by atoms with van der Waals surface area (Å²) in [5.41, 5.74) is 16.4. The van der Waals surface area contributed by atoms with Crippen LogP contribution in [0.5, 0.6) is 5.75 Å². The van der Waals surface area contributed by atoms with Crippen LogP contribution in [0.25, 0.3) is 45.0 Å². The topological polar surface area (TPSA) is 239 Å². The molecule has 0 atom stereocenters. The third kappa shape index (κ3) is 18.7. The van der Waals surface area contributed by atoms with Crippen LogP contribution in [-0.2, 0) is 42.4 Å². The standard InChI is InChI=1S/C21H23N3O2S.C21H16N2O2S.C20H15NO2.C19H15NOS.C16H17N3O4.C10H9NO/c1-4-22-14-13-15(16-9-7-8-10-18(16)22)11-12-17-19(25)23(5-2)21(27)24(6-3)20(17)26;1-23-17-12-6-7-13-18(17)26-19(23)14-8-5-11-16-20(22-25-21(16)24)15-9-3-2-4-10-15;1-2-21-16-10-6-3-7-13(16)11-12-17(21)18-19(22)14-8-4-5-9-15(14)20(18)23;1-2-20-15-9-5-3-7-13(15)11-12-16(20)19-18(21)14-8-4-6-10-17(14)22-19;1-4-18-13(20)12(14(21)19(5-2)16(18)22)15-17(3)10-8-6-7-9-11(10)23-15;1-11-6-5-8-3-2-4-10(12)9(8)7-11/h7-14H,4-6H2,1-3H3;2-14H,1H3;3-12H,2H2,1H3;3-12H,2H2,1H3;6-9H,4-5H2,1-3H3;2-7H,1H3/p+1/b15-11+;8-5+,16-11+,19-14-;;19-16-;;. The lowest BCUT2D eigenvalue weighted by Crippen LogP contribution is -2.57. The highest BCUT2D eigenvalue weighted by atomic mass is 32.2. The second kappa shape index (κ2) is 41.2. The number of benzene rings is 9. The van der Waals surface area contributed by atoms with E-state index in [-0.39, 0.29) is 69.8 Å². The first-order chi connectivity index (χ1) is 64.6. The number of carbonyl (C=O) groups excluding carboxylic acids is 8. The van der Waals surface area contributed by atoms with E-state index in [9.17, 15) is 48.3 Å². The Bertz CT molecular complexity index is 6900. The molecule has 23 nitrogen and oxygen atoms in total. The fourth-order valence-corrected chi connectivity index (χ4v) is 19.1. The second-order valence-electron chi connectivity index (χ2n) is 30.9. The zero-order valence-corrected chi connectivity index (χ0v) is 77.4. The van der Waals surface area contributed by atoms with Crippen LogP contribution < -0.4 is 34.3 Å². The molecule has 2 saturated heterocycles. The zero-order chi connectivity index (χ0) is 93.8. The van der Waals surface area contributed by atoms with Gasteiger partial charge >= 0.3 is 12.0 Å². The Kier molecular flexibility index (Phi) is 28.6. The van der Waals surface area contributed by atoms with Crippen LogP contribution in [0, 0.1) is 0 Å². The summed E-state index contributed by atoms with van der Waals surface area (Å²) >= 11 is 8.60. The number of carbonyl (C=O) groups is 8. The van der Waals surface area contributed by atoms with Crippen molar-refractivity contribution >= 4 is 150 Å². The van der Waals surface area contributed by atoms with Crippen LogP contribution in [0.1, 0.15) is 97.1 Å². The smallest absolute Gasteiger partial charge is 0.368 e. The number of rotatable bonds is 12. The Morgan fingerprint density at radius 1 is 0.459 bits per heavy atom. The van der Waals surface area contributed by atoms with E-state index in [4.69, 9.17) is 21.8 Å². The molecular weight excluding hydrogens is 1730 g/mol. The molecule has 2 aliphatic carbocycles. The zero-order valence-electron chi connectivity index (χ0n) is 75.0. The number of Topliss-reactive ketones (excluding diaryl/α,β-unsaturated/α-hetero) is 2. The number of thiocarbonyl (C=S) groups is 1. The number of likely N-dealkylation sites (N-methyl/N-ethyl adjacent to an activating group) is 5. The number of amides is 6. The number of allylic oxidation sites excluding steroid dienone is 11. The van der Waals surface area contributed by atoms with Crippen molar-refractivity contribution in [3.63, 3.8) is 0 Å². The molecule has 0 spiro atoms. The maximum absolute atomic E-state index is 12.8. The Balaban J connectivity index is 0.000000123. The molecule has 11 aliphatic rings. The number of pyridine rings is 2. The molecule has 0 saturated carbocycles. The van der Waals surface area contributed by atoms with E-state index >= 15 is 0 Å². The Morgan fingerprint density at radius 3 is 1.71 bits per heavy atom. The number of aliphatic hydroxyl groups excluding tert-OH is 1. The van der Waals surface area contributed by atoms with Crippen molar-refractivity contribution in [1.82, 2.24) is 24.2 Å². The molecule has 20 rings (SSSR count). The number of ketones is 2. The molecular formula is C107H96N11O12S3+. The van der Waals surface area contributed by atoms with Gasteiger partial charge in [-0.2, -0.15) is 4.57 Å². The second-order valence-corrected chi connectivity index (χ2v) is 33.4. The van der Waals surface area contributed by atoms with Gasteiger partial charge < -0.3 is 38.8 Å². The minimum absolute atomic E-state index is 0.0723. The van der Waals surface area contributed by atoms with Crippen molar-refractivity contribution in [3.8, 4) is 16.9 Å². The van der Waals surface area contributed by atoms with E-state index in [0.29, 0.717) is 46.8 Å². The number of urea groups is 1. The first-order valence-electron chi connectivity index (χ1n) is 43.7. The van der Waals surface area contributed by atoms with Crippen LogP contribution in [0.4, 0.5) is 27.5 Å². The summed E-state index contributed by atoms with van der Waals surface area (Å²) in [4.78, 5) is 133. The molecule has 0 radical (unpaired) electrons. The van der Waals surface area contributed by atoms with Crippen molar-refractivity contribution in [2.24, 2.45) is 12.2 Å². The van der Waals surface area contributed by atoms with Gasteiger partial charge in [-0.1, -0.05) is 205 Å². The van der Waals surface area contributed by atoms with Gasteiger partial charge in [-0.05, 0) is 181 Å². The minimum atomic E-state index is -0.623. The van der Waals surface area contributed by atoms with Gasteiger partial charge in [0.1, 0.15) is 29.2 Å². The van der Waals surface area contributed by atoms with Crippen molar-refractivity contribution in [2.45, 2.75) is 64.8 Å². The molecule has 10 heterocycles. The highest BCUT2D eigenvalue weighted by Gasteiger charge is 2.46. The average Bonchev–Trinajstić information content (AvgIpc) is 1.61. The molecule has 9 aromatic rings. The third-order valence-corrected chi connectivity index (χ3v) is 26.0. The molecule has 26 heteroatoms. The Labute approximate surface area is 785 Å². The lowest BCUT2D eigenvalue weighted by atomic mass is 9.98. The van der Waals surface area contributed by atoms with Crippen LogP contribution >= 0.6 is 35.7 Å². The number of thioether (sulfide) groups is 2. The van der Waals surface area contributed by atoms with Gasteiger partial charge in [0, 0.05) is 151 Å². The van der Waals surface area contributed by atoms with Gasteiger partial charge in [0.15, 0.2) is 21.9 Å². The van der Waals surface area contributed by atoms with Crippen LogP contribution in [-0.4, -0.2) is 141 Å². The first-order valence-corrected chi connectivity index (χ1v) is 45.8. The Morgan fingerprint density at radius 2 is 1.05 bits per heavy atom. The van der Waals surface area contributed by atoms with E-state index in [2.05, 4.69) is 80.8 Å². The number of nitrogens with zero attached hydrogens (tertiary/aromatic N) is 11. The number of oxime groups is 1. The van der Waals surface area contributed by atoms with Crippen LogP contribution in [0.3, 0.4) is 0 Å². The van der Waals surface area contributed by atoms with Crippen molar-refractivity contribution < 1.29 is 57.6 Å². The lowest BCUT2D eigenvalue weighted by molar-refractivity contribution is -0.669. The lowest BCUT2D eigenvalue weighted by Gasteiger charge is -2.35. The largest absolute Gasteiger partial charge is 0.506 e. The highest BCUT2D eigenvalue weighted by Crippen LogP contribution is 2.47. The molecule has 0 bridgehead atoms. The van der Waals surface area contributed by atoms with Gasteiger partial charge in [-0.3, -0.25) is 53.2 Å². The van der Waals surface area contributed by atoms with Gasteiger partial charge in [-0.15, -0.1) is 0 Å². The van der Waals surface area contributed by atoms with Crippen molar-refractivity contribution in [3.05, 3.63) is 391 Å². The molecule has 133 heavy (non-hydrogen) atoms. The number of hydrogen-bond donors (Lipinski definition) is 1. The van der Waals surface area contributed by atoms with Gasteiger partial charge in [0.2, 0.25) is 28.7 Å². The van der Waals surface area contributed by atoms with Gasteiger partial charge in [-0.25, -0.2) is 9.59 Å². The molecule has 2 fully saturated rings. The molecule has 668 valence electrons. The van der Waals surface area contributed by atoms with Crippen molar-refractivity contribution in [1.29, 1.82) is 0 Å². The summed E-state index contributed by atoms with van der Waals surface area (Å²) in [7, 11) is 5.68. The summed E-state index contributed by atoms with van der Waals surface area (Å²) < 4.78 is 9.67. The quantitative estimate of drug-likeness (QED) is 0.0393. The first kappa shape index (κ1) is 92.3. The fourth-order valence-electron chi connectivity index (χ4n) is 16.4. The number of para-hydroxylation sites is 6. The predicted octanol–water partition coefficient (Wildman–Crippen LogP) is 19.4. The molecule has 1 N–H and O–H groups in total. The number of barbiturate groups is 1. The number of aliphatic hydroxyl groups is 1. The van der Waals surface area contributed by atoms with E-state index in [1.54, 1.807) is 91.8 Å². The number of ether oxygens (including phenoxy) is 1. The average molecular weight is 1820 g/mol. The summed E-state index contributed by atoms with van der Waals surface area (Å²) in [6.07, 6.45) is 22.9. The summed E-state index contributed by atoms with van der Waals surface area (Å²) in [5.74, 6) is -1.53. The van der Waals surface area contributed by atoms with E-state index in [1.165, 1.54) is 31.6 Å². The number of fused-ring (bicyclic) bond motifs is 8. The fraction of sp³-hybridized carbons (Fsp3) is 0.159. The van der Waals surface area contributed by atoms with Crippen LogP contribution in [0.15, 0.2) is 362 Å². The molecule has 1 aromatic heterocycles. The molecule has 8 aromatic carbocycles. The van der Waals surface area contributed by atoms with E-state index < -0.39 is 23.8 Å². The monoisotopic (exact) mass is 1820 g/mol. The van der Waals surface area contributed by atoms with Gasteiger partial charge in [0.05, 0.1) is 32.6 Å². The van der Waals surface area contributed by atoms with E-state index in [1.807, 2.05) is 264 Å². The Hall–Kier alpha value is -15.4. The maximum Gasteiger partial charge on any atom is 0.368 e. The number of aryl methyl sites for hydroxylation is 2. The number of hydrogen-bond acceptors (Lipinski definition) is 20. The SMILES string of the molecule is CCN1/C(=C2\Sc3ccccc3C2=O)C=Cc2ccccc21.CCN1C(=O)C(=C/C=C2\C=CN(CC)c3ccccc32)C(=O)N(CC)C1=S.CCN1C(=O)C(=C2Oc3ccccc3N2C)C(=O)N(CC)C1=O.CC[n+]1c(C2=C(O)c3ccccc3C2=O)ccc2ccccc21.CN1/C(=C/C=C/C=C2/C(=O)ON=C2c2ccccc2)Sc2ccccc21.Cn1ccc2cccc(=O)c-2c1. The summed E-state index contributed by atoms with van der Waals surface area (Å²) in [5, 5.41) is 17.0. The molecule has 6 amide bonds. The van der Waals surface area contributed by atoms with Crippen molar-refractivity contribution in [2.75, 3.05) is 73.0 Å². The molecule has 0 unspecified atom stereocenters. The highest BCUT2D eigenvalue weighted by molar-refractivity contribution is 8.04. The van der Waals surface area contributed by atoms with E-state index in [0.717, 1.165) is 111 Å². The normalized spacial score (nSPS) is 17.1. The minimum Gasteiger partial charge on any atom is -0.506 e. The molecule has 9 aliphatic heterocycles. The summed E-state index contributed by atoms with van der Waals surface area (Å²) in [6, 6.07) is 75.2. The maximum atomic E-state index is 12.8. The number of aromatic nitrogens is 2. The predicted molar refractivity (Wildman–Crippen MR) is 530 cm³/mol. The number of anilines is 4. The van der Waals surface area contributed by atoms with Gasteiger partial charge in [0.25, 0.3) is 23.6 Å². The third-order valence-electron chi connectivity index (χ3n) is 23.2. The summed E-state index contributed by atoms with van der Waals surface area (Å²) in [6.45, 7) is 17.0. The van der Waals surface area contributed by atoms with Crippen LogP contribution in [0.2, 0.25) is 0 Å². The number of imide groups is 2.